The van der Waals surface area contributed by atoms with Gasteiger partial charge in [-0.15, -0.1) is 24.1 Å². The number of rotatable bonds is 7. The topological polar surface area (TPSA) is 62.5 Å². The minimum atomic E-state index is -3.47. The first-order valence-corrected chi connectivity index (χ1v) is 10.9. The zero-order chi connectivity index (χ0) is 15.9. The van der Waals surface area contributed by atoms with Crippen LogP contribution < -0.4 is 0 Å². The molecule has 0 aliphatic carbocycles. The van der Waals surface area contributed by atoms with Crippen molar-refractivity contribution in [2.45, 2.75) is 46.5 Å². The largest absolute Gasteiger partial charge is 0.496 e. The van der Waals surface area contributed by atoms with E-state index in [9.17, 15) is 13.2 Å². The Morgan fingerprint density at radius 1 is 1.19 bits per heavy atom. The van der Waals surface area contributed by atoms with Crippen LogP contribution in [-0.4, -0.2) is 42.3 Å². The molecule has 21 heavy (non-hydrogen) atoms. The summed E-state index contributed by atoms with van der Waals surface area (Å²) in [5, 5.41) is 0.606. The third-order valence-corrected chi connectivity index (χ3v) is 6.77. The lowest BCUT2D eigenvalue weighted by Crippen LogP contribution is -2.19. The Bertz CT molecular complexity index is 467. The Morgan fingerprint density at radius 3 is 2.48 bits per heavy atom. The summed E-state index contributed by atoms with van der Waals surface area (Å²) in [6.45, 7) is 5.72. The Hall–Kier alpha value is -0.0100. The van der Waals surface area contributed by atoms with Gasteiger partial charge in [-0.05, 0) is 24.6 Å². The van der Waals surface area contributed by atoms with Gasteiger partial charge in [-0.3, -0.25) is 4.79 Å². The average molecular weight is 354 g/mol. The molecule has 0 spiro atoms. The summed E-state index contributed by atoms with van der Waals surface area (Å²) in [5.41, 5.74) is -0.304. The lowest BCUT2D eigenvalue weighted by atomic mass is 9.88. The summed E-state index contributed by atoms with van der Waals surface area (Å²) in [7, 11) is -3.47. The first-order valence-electron chi connectivity index (χ1n) is 7.22. The van der Waals surface area contributed by atoms with Crippen LogP contribution in [0.3, 0.4) is 0 Å². The molecule has 1 rings (SSSR count). The van der Waals surface area contributed by atoms with Gasteiger partial charge in [0, 0.05) is 23.3 Å². The van der Waals surface area contributed by atoms with Gasteiger partial charge in [0.25, 0.3) is 0 Å². The fraction of sp³-hybridized carbons (Fsp3) is 0.857. The van der Waals surface area contributed by atoms with Crippen LogP contribution in [0.25, 0.3) is 0 Å². The van der Waals surface area contributed by atoms with Gasteiger partial charge in [-0.25, -0.2) is 0 Å². The van der Waals surface area contributed by atoms with Gasteiger partial charge in [0.05, 0.1) is 0 Å². The number of Topliss-reactive ketones (excluding diaryl/α,β-unsaturated/α-hetero) is 1. The van der Waals surface area contributed by atoms with E-state index in [1.54, 1.807) is 11.8 Å². The highest BCUT2D eigenvalue weighted by molar-refractivity contribution is 8.18. The SMILES string of the molecule is CC(C)(C)C(=O)CCCCCS(=O)(=O)[O+]=C1CSCCS1. The summed E-state index contributed by atoms with van der Waals surface area (Å²) in [5.74, 6) is 2.87. The van der Waals surface area contributed by atoms with Crippen molar-refractivity contribution >= 4 is 44.5 Å². The van der Waals surface area contributed by atoms with Gasteiger partial charge in [0.2, 0.25) is 0 Å². The molecular formula is C14H25O4S3+. The third kappa shape index (κ3) is 8.26. The number of ketones is 1. The zero-order valence-corrected chi connectivity index (χ0v) is 15.5. The van der Waals surface area contributed by atoms with Crippen LogP contribution in [0.5, 0.6) is 0 Å². The number of carbonyl (C=O) groups is 1. The second-order valence-electron chi connectivity index (χ2n) is 6.10. The lowest BCUT2D eigenvalue weighted by Gasteiger charge is -2.15. The van der Waals surface area contributed by atoms with Crippen molar-refractivity contribution in [3.8, 4) is 0 Å². The Kier molecular flexibility index (Phi) is 7.78. The molecule has 0 aromatic carbocycles. The van der Waals surface area contributed by atoms with E-state index in [-0.39, 0.29) is 17.0 Å². The molecule has 7 heteroatoms. The smallest absolute Gasteiger partial charge is 0.299 e. The van der Waals surface area contributed by atoms with Crippen molar-refractivity contribution in [2.24, 2.45) is 5.41 Å². The molecule has 0 unspecified atom stereocenters. The predicted molar refractivity (Wildman–Crippen MR) is 91.5 cm³/mol. The van der Waals surface area contributed by atoms with E-state index < -0.39 is 10.1 Å². The first kappa shape index (κ1) is 19.0. The van der Waals surface area contributed by atoms with Gasteiger partial charge < -0.3 is 0 Å². The molecule has 1 aliphatic heterocycles. The molecule has 0 radical (unpaired) electrons. The maximum absolute atomic E-state index is 11.8. The molecule has 0 bridgehead atoms. The molecule has 1 fully saturated rings. The molecule has 0 N–H and O–H groups in total. The summed E-state index contributed by atoms with van der Waals surface area (Å²) in [4.78, 5) is 11.7. The lowest BCUT2D eigenvalue weighted by molar-refractivity contribution is -0.263. The minimum Gasteiger partial charge on any atom is -0.299 e. The summed E-state index contributed by atoms with van der Waals surface area (Å²) in [6, 6.07) is 0. The molecular weight excluding hydrogens is 328 g/mol. The molecule has 122 valence electrons. The van der Waals surface area contributed by atoms with Gasteiger partial charge >= 0.3 is 15.2 Å². The molecule has 1 heterocycles. The molecule has 0 aromatic rings. The van der Waals surface area contributed by atoms with E-state index in [1.807, 2.05) is 20.8 Å². The molecule has 1 aliphatic rings. The second-order valence-corrected chi connectivity index (χ2v) is 10.0. The van der Waals surface area contributed by atoms with Crippen LogP contribution in [0.4, 0.5) is 0 Å². The van der Waals surface area contributed by atoms with Crippen LogP contribution in [0.2, 0.25) is 0 Å². The number of thioether (sulfide) groups is 2. The van der Waals surface area contributed by atoms with Crippen molar-refractivity contribution in [3.05, 3.63) is 0 Å². The van der Waals surface area contributed by atoms with Crippen molar-refractivity contribution < 1.29 is 17.1 Å². The van der Waals surface area contributed by atoms with Crippen LogP contribution in [-0.2, 0) is 18.8 Å². The highest BCUT2D eigenvalue weighted by atomic mass is 32.2. The van der Waals surface area contributed by atoms with Gasteiger partial charge in [0.15, 0.2) is 0 Å². The van der Waals surface area contributed by atoms with E-state index in [0.717, 1.165) is 24.3 Å². The monoisotopic (exact) mass is 353 g/mol. The number of carbonyl (C=O) groups excluding carboxylic acids is 2. The van der Waals surface area contributed by atoms with Crippen molar-refractivity contribution in [2.75, 3.05) is 23.0 Å². The van der Waals surface area contributed by atoms with Crippen LogP contribution in [0.1, 0.15) is 46.5 Å². The first-order chi connectivity index (χ1) is 9.71. The summed E-state index contributed by atoms with van der Waals surface area (Å²) < 4.78 is 28.8. The average Bonchev–Trinajstić information content (AvgIpc) is 2.37. The maximum Gasteiger partial charge on any atom is 0.496 e. The fourth-order valence-corrected chi connectivity index (χ4v) is 5.31. The molecule has 0 atom stereocenters. The number of unbranched alkanes of at least 4 members (excludes halogenated alkanes) is 2. The van der Waals surface area contributed by atoms with E-state index in [1.165, 1.54) is 11.8 Å². The van der Waals surface area contributed by atoms with Crippen molar-refractivity contribution in [3.63, 3.8) is 0 Å². The summed E-state index contributed by atoms with van der Waals surface area (Å²) >= 11 is 3.19. The fourth-order valence-electron chi connectivity index (χ4n) is 1.76. The quantitative estimate of drug-likeness (QED) is 0.520. The van der Waals surface area contributed by atoms with Gasteiger partial charge in [-0.2, -0.15) is 0 Å². The van der Waals surface area contributed by atoms with Gasteiger partial charge in [0.1, 0.15) is 17.3 Å². The second kappa shape index (κ2) is 8.58. The standard InChI is InChI=1S/C14H25O4S3/c1-14(2,3)12(15)7-5-4-6-10-21(16,17)18-13-11-19-8-9-20-13/h4-11H2,1-3H3/q+1. The molecule has 4 nitrogen and oxygen atoms in total. The van der Waals surface area contributed by atoms with Crippen LogP contribution >= 0.6 is 23.5 Å². The molecule has 0 aromatic heterocycles. The molecule has 0 saturated carbocycles. The zero-order valence-electron chi connectivity index (χ0n) is 13.0. The molecule has 0 amide bonds. The van der Waals surface area contributed by atoms with Gasteiger partial charge in [-0.1, -0.05) is 27.2 Å². The molecule has 1 saturated heterocycles. The Labute approximate surface area is 136 Å². The van der Waals surface area contributed by atoms with Crippen molar-refractivity contribution in [1.82, 2.24) is 0 Å². The Balaban J connectivity index is 2.27. The Morgan fingerprint density at radius 2 is 1.90 bits per heavy atom. The maximum atomic E-state index is 11.8. The van der Waals surface area contributed by atoms with E-state index in [2.05, 4.69) is 0 Å². The van der Waals surface area contributed by atoms with E-state index in [0.29, 0.717) is 23.7 Å². The highest BCUT2D eigenvalue weighted by Gasteiger charge is 2.27. The van der Waals surface area contributed by atoms with E-state index in [4.69, 9.17) is 3.87 Å². The summed E-state index contributed by atoms with van der Waals surface area (Å²) in [6.07, 6.45) is 2.55. The number of hydrogen-bond acceptors (Lipinski definition) is 5. The predicted octanol–water partition coefficient (Wildman–Crippen LogP) is 3.03. The highest BCUT2D eigenvalue weighted by Crippen LogP contribution is 2.20. The number of hydrogen-bond donors (Lipinski definition) is 0. The van der Waals surface area contributed by atoms with E-state index >= 15 is 0 Å². The van der Waals surface area contributed by atoms with Crippen LogP contribution in [0, 0.1) is 5.41 Å². The normalized spacial score (nSPS) is 18.9. The van der Waals surface area contributed by atoms with Crippen LogP contribution in [0.15, 0.2) is 0 Å². The minimum absolute atomic E-state index is 0.0332. The third-order valence-electron chi connectivity index (χ3n) is 3.07. The van der Waals surface area contributed by atoms with Crippen molar-refractivity contribution in [1.29, 1.82) is 0 Å².